The standard InChI is InChI=1S/C11H12Cl2N2O2/c12-9-2-1-6(4-10(9)13)8-3-7(8)5-15(17)11(14)16/h1-2,4,7-8,17H,3,5H2,(H2,14,16). The Morgan fingerprint density at radius 1 is 1.47 bits per heavy atom. The van der Waals surface area contributed by atoms with Crippen LogP contribution in [0.3, 0.4) is 0 Å². The van der Waals surface area contributed by atoms with E-state index in [4.69, 9.17) is 28.9 Å². The van der Waals surface area contributed by atoms with E-state index in [9.17, 15) is 10.0 Å². The van der Waals surface area contributed by atoms with Gasteiger partial charge in [-0.2, -0.15) is 0 Å². The molecule has 2 rings (SSSR count). The topological polar surface area (TPSA) is 66.6 Å². The molecule has 0 saturated heterocycles. The molecule has 1 saturated carbocycles. The number of nitrogens with two attached hydrogens (primary N) is 1. The second kappa shape index (κ2) is 4.72. The lowest BCUT2D eigenvalue weighted by Crippen LogP contribution is -2.34. The number of rotatable bonds is 3. The maximum atomic E-state index is 10.7. The van der Waals surface area contributed by atoms with Crippen LogP contribution in [0.25, 0.3) is 0 Å². The summed E-state index contributed by atoms with van der Waals surface area (Å²) in [4.78, 5) is 10.7. The molecule has 2 atom stereocenters. The molecule has 6 heteroatoms. The smallest absolute Gasteiger partial charge is 0.338 e. The van der Waals surface area contributed by atoms with E-state index in [1.165, 1.54) is 0 Å². The summed E-state index contributed by atoms with van der Waals surface area (Å²) in [6.45, 7) is 0.250. The van der Waals surface area contributed by atoms with Crippen molar-refractivity contribution in [2.45, 2.75) is 12.3 Å². The molecule has 2 amide bonds. The largest absolute Gasteiger partial charge is 0.350 e. The molecule has 0 spiro atoms. The van der Waals surface area contributed by atoms with Crippen LogP contribution in [0.1, 0.15) is 17.9 Å². The number of halogens is 2. The number of nitrogens with zero attached hydrogens (tertiary/aromatic N) is 1. The van der Waals surface area contributed by atoms with Crippen molar-refractivity contribution in [3.8, 4) is 0 Å². The van der Waals surface area contributed by atoms with Crippen LogP contribution in [0.5, 0.6) is 0 Å². The van der Waals surface area contributed by atoms with Gasteiger partial charge in [-0.25, -0.2) is 9.86 Å². The van der Waals surface area contributed by atoms with E-state index >= 15 is 0 Å². The summed E-state index contributed by atoms with van der Waals surface area (Å²) in [6.07, 6.45) is 0.905. The molecule has 17 heavy (non-hydrogen) atoms. The fourth-order valence-corrected chi connectivity index (χ4v) is 2.22. The van der Waals surface area contributed by atoms with E-state index in [-0.39, 0.29) is 12.5 Å². The average Bonchev–Trinajstić information content (AvgIpc) is 3.01. The van der Waals surface area contributed by atoms with Crippen molar-refractivity contribution in [3.63, 3.8) is 0 Å². The molecule has 4 nitrogen and oxygen atoms in total. The minimum absolute atomic E-state index is 0.227. The summed E-state index contributed by atoms with van der Waals surface area (Å²) in [7, 11) is 0. The van der Waals surface area contributed by atoms with Gasteiger partial charge >= 0.3 is 6.03 Å². The van der Waals surface area contributed by atoms with Crippen LogP contribution in [0, 0.1) is 5.92 Å². The lowest BCUT2D eigenvalue weighted by Gasteiger charge is -2.11. The van der Waals surface area contributed by atoms with E-state index in [1.807, 2.05) is 12.1 Å². The summed E-state index contributed by atoms with van der Waals surface area (Å²) in [5, 5.41) is 10.8. The van der Waals surface area contributed by atoms with Crippen LogP contribution in [0.4, 0.5) is 4.79 Å². The number of hydrogen-bond donors (Lipinski definition) is 2. The van der Waals surface area contributed by atoms with Crippen molar-refractivity contribution in [3.05, 3.63) is 33.8 Å². The highest BCUT2D eigenvalue weighted by Gasteiger charge is 2.40. The van der Waals surface area contributed by atoms with Gasteiger partial charge in [0.15, 0.2) is 0 Å². The van der Waals surface area contributed by atoms with Crippen LogP contribution in [0.2, 0.25) is 10.0 Å². The zero-order chi connectivity index (χ0) is 12.6. The lowest BCUT2D eigenvalue weighted by atomic mass is 10.1. The summed E-state index contributed by atoms with van der Waals surface area (Å²) >= 11 is 11.8. The van der Waals surface area contributed by atoms with Gasteiger partial charge in [-0.1, -0.05) is 29.3 Å². The predicted molar refractivity (Wildman–Crippen MR) is 65.4 cm³/mol. The number of urea groups is 1. The molecular weight excluding hydrogens is 263 g/mol. The second-order valence-electron chi connectivity index (χ2n) is 4.20. The minimum Gasteiger partial charge on any atom is -0.350 e. The number of primary amides is 1. The summed E-state index contributed by atoms with van der Waals surface area (Å²) in [5.41, 5.74) is 6.01. The Labute approximate surface area is 109 Å². The van der Waals surface area contributed by atoms with Gasteiger partial charge in [0.1, 0.15) is 0 Å². The van der Waals surface area contributed by atoms with Gasteiger partial charge in [0.2, 0.25) is 0 Å². The van der Waals surface area contributed by atoms with Crippen molar-refractivity contribution in [1.29, 1.82) is 0 Å². The van der Waals surface area contributed by atoms with E-state index < -0.39 is 6.03 Å². The Morgan fingerprint density at radius 3 is 2.76 bits per heavy atom. The third-order valence-electron chi connectivity index (χ3n) is 2.96. The second-order valence-corrected chi connectivity index (χ2v) is 5.01. The first-order chi connectivity index (χ1) is 7.99. The fraction of sp³-hybridized carbons (Fsp3) is 0.364. The highest BCUT2D eigenvalue weighted by atomic mass is 35.5. The molecule has 1 aliphatic rings. The maximum Gasteiger partial charge on any atom is 0.338 e. The van der Waals surface area contributed by atoms with E-state index in [2.05, 4.69) is 0 Å². The van der Waals surface area contributed by atoms with Gasteiger partial charge in [-0.15, -0.1) is 0 Å². The van der Waals surface area contributed by atoms with Crippen LogP contribution >= 0.6 is 23.2 Å². The van der Waals surface area contributed by atoms with Gasteiger partial charge in [-0.3, -0.25) is 5.21 Å². The highest BCUT2D eigenvalue weighted by molar-refractivity contribution is 6.42. The number of hydrogen-bond acceptors (Lipinski definition) is 2. The molecular formula is C11H12Cl2N2O2. The molecule has 0 aliphatic heterocycles. The first-order valence-corrected chi connectivity index (χ1v) is 5.95. The summed E-state index contributed by atoms with van der Waals surface area (Å²) in [5.74, 6) is 0.531. The van der Waals surface area contributed by atoms with Crippen molar-refractivity contribution in [2.75, 3.05) is 6.54 Å². The number of carbonyl (C=O) groups excluding carboxylic acids is 1. The first kappa shape index (κ1) is 12.5. The van der Waals surface area contributed by atoms with Gasteiger partial charge in [-0.05, 0) is 36.0 Å². The minimum atomic E-state index is -0.829. The van der Waals surface area contributed by atoms with Crippen molar-refractivity contribution >= 4 is 29.2 Å². The maximum absolute atomic E-state index is 10.7. The summed E-state index contributed by atoms with van der Waals surface area (Å²) in [6, 6.07) is 4.65. The Hall–Kier alpha value is -0.970. The highest BCUT2D eigenvalue weighted by Crippen LogP contribution is 2.48. The predicted octanol–water partition coefficient (Wildman–Crippen LogP) is 2.87. The number of carbonyl (C=O) groups is 1. The fourth-order valence-electron chi connectivity index (χ4n) is 1.91. The zero-order valence-electron chi connectivity index (χ0n) is 8.94. The number of benzene rings is 1. The molecule has 92 valence electrons. The Morgan fingerprint density at radius 2 is 2.18 bits per heavy atom. The van der Waals surface area contributed by atoms with Crippen molar-refractivity contribution in [2.24, 2.45) is 11.7 Å². The van der Waals surface area contributed by atoms with E-state index in [0.29, 0.717) is 21.0 Å². The van der Waals surface area contributed by atoms with E-state index in [1.54, 1.807) is 6.07 Å². The summed E-state index contributed by atoms with van der Waals surface area (Å²) < 4.78 is 0. The Bertz CT molecular complexity index is 453. The molecule has 1 aromatic rings. The number of hydroxylamine groups is 2. The Balaban J connectivity index is 1.98. The van der Waals surface area contributed by atoms with Crippen molar-refractivity contribution < 1.29 is 10.0 Å². The quantitative estimate of drug-likeness (QED) is 0.658. The Kier molecular flexibility index (Phi) is 3.47. The molecule has 0 bridgehead atoms. The first-order valence-electron chi connectivity index (χ1n) is 5.20. The average molecular weight is 275 g/mol. The molecule has 0 heterocycles. The molecule has 0 radical (unpaired) electrons. The lowest BCUT2D eigenvalue weighted by molar-refractivity contribution is -0.0431. The van der Waals surface area contributed by atoms with Crippen LogP contribution in [-0.4, -0.2) is 22.8 Å². The van der Waals surface area contributed by atoms with Crippen molar-refractivity contribution in [1.82, 2.24) is 5.06 Å². The molecule has 2 unspecified atom stereocenters. The van der Waals surface area contributed by atoms with Gasteiger partial charge in [0.05, 0.1) is 16.6 Å². The third-order valence-corrected chi connectivity index (χ3v) is 3.70. The van der Waals surface area contributed by atoms with E-state index in [0.717, 1.165) is 12.0 Å². The SMILES string of the molecule is NC(=O)N(O)CC1CC1c1ccc(Cl)c(Cl)c1. The van der Waals surface area contributed by atoms with Crippen LogP contribution < -0.4 is 5.73 Å². The van der Waals surface area contributed by atoms with Crippen LogP contribution in [0.15, 0.2) is 18.2 Å². The molecule has 1 aromatic carbocycles. The molecule has 1 aliphatic carbocycles. The third kappa shape index (κ3) is 2.83. The van der Waals surface area contributed by atoms with Gasteiger partial charge in [0.25, 0.3) is 0 Å². The number of amides is 2. The molecule has 3 N–H and O–H groups in total. The molecule has 1 fully saturated rings. The van der Waals surface area contributed by atoms with Crippen LogP contribution in [-0.2, 0) is 0 Å². The molecule has 0 aromatic heterocycles. The van der Waals surface area contributed by atoms with Gasteiger partial charge in [0, 0.05) is 0 Å². The zero-order valence-corrected chi connectivity index (χ0v) is 10.4. The van der Waals surface area contributed by atoms with Gasteiger partial charge < -0.3 is 5.73 Å². The normalized spacial score (nSPS) is 22.3. The monoisotopic (exact) mass is 274 g/mol.